The Labute approximate surface area is 161 Å². The van der Waals surface area contributed by atoms with Crippen LogP contribution >= 0.6 is 11.8 Å². The highest BCUT2D eigenvalue weighted by Crippen LogP contribution is 2.45. The Bertz CT molecular complexity index is 774. The van der Waals surface area contributed by atoms with E-state index < -0.39 is 35.2 Å². The molecule has 2 amide bonds. The van der Waals surface area contributed by atoms with E-state index in [0.717, 1.165) is 4.90 Å². The topological polar surface area (TPSA) is 80.3 Å². The summed E-state index contributed by atoms with van der Waals surface area (Å²) in [7, 11) is 1.44. The molecule has 2 fully saturated rings. The first-order valence-electron chi connectivity index (χ1n) is 8.96. The average Bonchev–Trinajstić information content (AvgIpc) is 3.11. The van der Waals surface area contributed by atoms with Crippen molar-refractivity contribution in [1.82, 2.24) is 4.90 Å². The Morgan fingerprint density at radius 3 is 2.74 bits per heavy atom. The van der Waals surface area contributed by atoms with Gasteiger partial charge in [-0.2, -0.15) is 11.8 Å². The minimum absolute atomic E-state index is 0.188. The summed E-state index contributed by atoms with van der Waals surface area (Å²) in [6.45, 7) is 1.90. The number of ether oxygens (including phenoxy) is 1. The molecule has 0 unspecified atom stereocenters. The van der Waals surface area contributed by atoms with Crippen molar-refractivity contribution in [2.24, 2.45) is 11.8 Å². The zero-order valence-corrected chi connectivity index (χ0v) is 16.4. The number of imide groups is 1. The number of benzene rings is 1. The number of hydrogen-bond donors (Lipinski definition) is 1. The van der Waals surface area contributed by atoms with Gasteiger partial charge in [0.2, 0.25) is 17.4 Å². The van der Waals surface area contributed by atoms with Gasteiger partial charge in [0.05, 0.1) is 6.61 Å². The van der Waals surface area contributed by atoms with E-state index in [1.807, 2.05) is 6.26 Å². The Hall–Kier alpha value is -1.93. The first-order valence-corrected chi connectivity index (χ1v) is 10.4. The maximum Gasteiger partial charge on any atom is 0.368 e. The van der Waals surface area contributed by atoms with Crippen LogP contribution in [0.25, 0.3) is 0 Å². The summed E-state index contributed by atoms with van der Waals surface area (Å²) in [4.78, 5) is 39.9. The van der Waals surface area contributed by atoms with E-state index in [0.29, 0.717) is 17.7 Å². The number of fused-ring (bicyclic) bond motifs is 1. The minimum Gasteiger partial charge on any atom is -0.461 e. The molecule has 0 aromatic heterocycles. The monoisotopic (exact) mass is 395 g/mol. The SMILES string of the molecule is CCOC(=O)[C@@]1(CCSC)[NH2+][C@@H](c2cccc(F)c2)[C@H]2C(=O)N(C)C(=O)[C@@H]21. The van der Waals surface area contributed by atoms with Crippen LogP contribution in [0.2, 0.25) is 0 Å². The van der Waals surface area contributed by atoms with Crippen molar-refractivity contribution in [3.63, 3.8) is 0 Å². The van der Waals surface area contributed by atoms with E-state index in [1.165, 1.54) is 19.2 Å². The van der Waals surface area contributed by atoms with Gasteiger partial charge in [-0.05, 0) is 31.1 Å². The van der Waals surface area contributed by atoms with E-state index in [9.17, 15) is 18.8 Å². The maximum atomic E-state index is 13.8. The fourth-order valence-electron chi connectivity index (χ4n) is 4.36. The van der Waals surface area contributed by atoms with Gasteiger partial charge in [0.1, 0.15) is 23.7 Å². The summed E-state index contributed by atoms with van der Waals surface area (Å²) < 4.78 is 19.1. The molecule has 3 rings (SSSR count). The predicted octanol–water partition coefficient (Wildman–Crippen LogP) is 0.730. The first-order chi connectivity index (χ1) is 12.9. The molecule has 146 valence electrons. The van der Waals surface area contributed by atoms with Crippen LogP contribution in [0.15, 0.2) is 24.3 Å². The van der Waals surface area contributed by atoms with Crippen LogP contribution in [0.1, 0.15) is 24.9 Å². The quantitative estimate of drug-likeness (QED) is 0.567. The lowest BCUT2D eigenvalue weighted by atomic mass is 9.78. The molecule has 2 saturated heterocycles. The highest BCUT2D eigenvalue weighted by atomic mass is 32.2. The molecule has 0 spiro atoms. The normalized spacial score (nSPS) is 29.9. The van der Waals surface area contributed by atoms with E-state index in [1.54, 1.807) is 36.1 Å². The van der Waals surface area contributed by atoms with E-state index >= 15 is 0 Å². The summed E-state index contributed by atoms with van der Waals surface area (Å²) >= 11 is 1.56. The summed E-state index contributed by atoms with van der Waals surface area (Å²) in [5.74, 6) is -2.48. The second-order valence-corrected chi connectivity index (χ2v) is 7.98. The molecule has 0 bridgehead atoms. The molecule has 2 heterocycles. The zero-order valence-electron chi connectivity index (χ0n) is 15.6. The third kappa shape index (κ3) is 3.14. The molecule has 2 aliphatic heterocycles. The van der Waals surface area contributed by atoms with Gasteiger partial charge in [-0.3, -0.25) is 14.5 Å². The van der Waals surface area contributed by atoms with Crippen molar-refractivity contribution in [3.8, 4) is 0 Å². The van der Waals surface area contributed by atoms with Crippen LogP contribution in [-0.4, -0.2) is 53.9 Å². The highest BCUT2D eigenvalue weighted by molar-refractivity contribution is 7.98. The molecule has 2 aliphatic rings. The predicted molar refractivity (Wildman–Crippen MR) is 98.2 cm³/mol. The van der Waals surface area contributed by atoms with Crippen molar-refractivity contribution < 1.29 is 28.8 Å². The molecule has 2 N–H and O–H groups in total. The Morgan fingerprint density at radius 1 is 1.37 bits per heavy atom. The Balaban J connectivity index is 2.12. The van der Waals surface area contributed by atoms with Gasteiger partial charge in [-0.15, -0.1) is 0 Å². The molecule has 8 heteroatoms. The average molecular weight is 395 g/mol. The minimum atomic E-state index is -1.18. The fraction of sp³-hybridized carbons (Fsp3) is 0.526. The highest BCUT2D eigenvalue weighted by Gasteiger charge is 2.71. The van der Waals surface area contributed by atoms with Crippen molar-refractivity contribution in [1.29, 1.82) is 0 Å². The molecule has 4 atom stereocenters. The number of carbonyl (C=O) groups is 3. The van der Waals surface area contributed by atoms with Crippen molar-refractivity contribution >= 4 is 29.5 Å². The fourth-order valence-corrected chi connectivity index (χ4v) is 4.90. The molecule has 1 aromatic rings. The van der Waals surface area contributed by atoms with Crippen LogP contribution in [-0.2, 0) is 19.1 Å². The molecule has 0 saturated carbocycles. The molecule has 1 aromatic carbocycles. The lowest BCUT2D eigenvalue weighted by molar-refractivity contribution is -0.734. The van der Waals surface area contributed by atoms with Crippen LogP contribution < -0.4 is 5.32 Å². The molecule has 6 nitrogen and oxygen atoms in total. The van der Waals surface area contributed by atoms with Gasteiger partial charge in [0.25, 0.3) is 0 Å². The van der Waals surface area contributed by atoms with E-state index in [2.05, 4.69) is 0 Å². The molecule has 0 aliphatic carbocycles. The molecular formula is C19H24FN2O4S+. The number of likely N-dealkylation sites (tertiary alicyclic amines) is 1. The Morgan fingerprint density at radius 2 is 2.11 bits per heavy atom. The number of thioether (sulfide) groups is 1. The van der Waals surface area contributed by atoms with Gasteiger partial charge in [0, 0.05) is 19.0 Å². The van der Waals surface area contributed by atoms with Gasteiger partial charge in [-0.25, -0.2) is 9.18 Å². The number of quaternary nitrogens is 1. The van der Waals surface area contributed by atoms with Crippen molar-refractivity contribution in [2.45, 2.75) is 24.9 Å². The summed E-state index contributed by atoms with van der Waals surface area (Å²) in [5, 5.41) is 1.77. The molecular weight excluding hydrogens is 371 g/mol. The Kier molecular flexibility index (Phi) is 5.58. The number of rotatable bonds is 6. The number of carbonyl (C=O) groups excluding carboxylic acids is 3. The second kappa shape index (κ2) is 7.59. The van der Waals surface area contributed by atoms with Crippen molar-refractivity contribution in [3.05, 3.63) is 35.6 Å². The van der Waals surface area contributed by atoms with Gasteiger partial charge < -0.3 is 10.1 Å². The standard InChI is InChI=1S/C19H23FN2O4S/c1-4-26-18(25)19(8-9-27-3)14-13(16(23)22(2)17(14)24)15(21-19)11-6-5-7-12(20)10-11/h5-7,10,13-15,21H,4,8-9H2,1-3H3/p+1/t13-,14+,15-,19-/m0/s1. The maximum absolute atomic E-state index is 13.8. The van der Waals surface area contributed by atoms with Gasteiger partial charge in [0.15, 0.2) is 0 Å². The van der Waals surface area contributed by atoms with Gasteiger partial charge in [-0.1, -0.05) is 12.1 Å². The number of hydrogen-bond acceptors (Lipinski definition) is 5. The summed E-state index contributed by atoms with van der Waals surface area (Å²) in [6.07, 6.45) is 2.32. The number of esters is 1. The smallest absolute Gasteiger partial charge is 0.368 e. The second-order valence-electron chi connectivity index (χ2n) is 6.99. The van der Waals surface area contributed by atoms with Gasteiger partial charge >= 0.3 is 5.97 Å². The van der Waals surface area contributed by atoms with E-state index in [-0.39, 0.29) is 18.4 Å². The molecule has 27 heavy (non-hydrogen) atoms. The van der Waals surface area contributed by atoms with Crippen LogP contribution in [0, 0.1) is 17.7 Å². The molecule has 0 radical (unpaired) electrons. The third-order valence-electron chi connectivity index (χ3n) is 5.60. The third-order valence-corrected chi connectivity index (χ3v) is 6.21. The van der Waals surface area contributed by atoms with Crippen LogP contribution in [0.5, 0.6) is 0 Å². The van der Waals surface area contributed by atoms with Crippen LogP contribution in [0.3, 0.4) is 0 Å². The number of nitrogens with zero attached hydrogens (tertiary/aromatic N) is 1. The largest absolute Gasteiger partial charge is 0.461 e. The summed E-state index contributed by atoms with van der Waals surface area (Å²) in [6, 6.07) is 5.48. The van der Waals surface area contributed by atoms with Crippen molar-refractivity contribution in [2.75, 3.05) is 25.7 Å². The summed E-state index contributed by atoms with van der Waals surface area (Å²) in [5.41, 5.74) is -0.588. The lowest BCUT2D eigenvalue weighted by Crippen LogP contribution is -2.98. The van der Waals surface area contributed by atoms with E-state index in [4.69, 9.17) is 4.74 Å². The number of halogens is 1. The van der Waals surface area contributed by atoms with Crippen LogP contribution in [0.4, 0.5) is 4.39 Å². The zero-order chi connectivity index (χ0) is 19.8. The number of amides is 2. The lowest BCUT2D eigenvalue weighted by Gasteiger charge is -2.29. The first kappa shape index (κ1) is 19.8. The number of nitrogens with two attached hydrogens (primary N) is 1.